The number of sulfone groups is 1. The highest BCUT2D eigenvalue weighted by atomic mass is 32.2. The molecule has 0 aliphatic heterocycles. The molecule has 0 aliphatic rings. The Morgan fingerprint density at radius 2 is 1.65 bits per heavy atom. The second-order valence-corrected chi connectivity index (χ2v) is 9.37. The van der Waals surface area contributed by atoms with Crippen molar-refractivity contribution >= 4 is 21.7 Å². The van der Waals surface area contributed by atoms with Crippen LogP contribution in [-0.2, 0) is 26.9 Å². The van der Waals surface area contributed by atoms with Crippen molar-refractivity contribution in [3.63, 3.8) is 0 Å². The maximum Gasteiger partial charge on any atom is 0.239 e. The second-order valence-electron chi connectivity index (χ2n) is 7.23. The van der Waals surface area contributed by atoms with Crippen LogP contribution in [0, 0.1) is 0 Å². The first-order valence-electron chi connectivity index (χ1n) is 8.57. The highest BCUT2D eigenvalue weighted by molar-refractivity contribution is 7.89. The van der Waals surface area contributed by atoms with Crippen molar-refractivity contribution in [2.45, 2.75) is 45.5 Å². The van der Waals surface area contributed by atoms with Gasteiger partial charge in [0.1, 0.15) is 0 Å². The van der Waals surface area contributed by atoms with Gasteiger partial charge < -0.3 is 16.0 Å². The number of hydrogen-bond donors (Lipinski definition) is 3. The van der Waals surface area contributed by atoms with Crippen molar-refractivity contribution in [2.24, 2.45) is 4.99 Å². The Hall–Kier alpha value is -2.09. The lowest BCUT2D eigenvalue weighted by molar-refractivity contribution is -0.121. The third kappa shape index (κ3) is 10.0. The van der Waals surface area contributed by atoms with E-state index in [9.17, 15) is 13.2 Å². The molecular weight excluding hydrogens is 352 g/mol. The molecule has 0 heterocycles. The van der Waals surface area contributed by atoms with Crippen molar-refractivity contribution in [1.29, 1.82) is 0 Å². The predicted octanol–water partition coefficient (Wildman–Crippen LogP) is 1.20. The number of carbonyl (C=O) groups is 1. The van der Waals surface area contributed by atoms with Gasteiger partial charge >= 0.3 is 0 Å². The van der Waals surface area contributed by atoms with E-state index >= 15 is 0 Å². The van der Waals surface area contributed by atoms with Crippen LogP contribution < -0.4 is 16.0 Å². The van der Waals surface area contributed by atoms with Crippen LogP contribution in [0.5, 0.6) is 0 Å². The number of rotatable bonds is 7. The molecule has 146 valence electrons. The zero-order valence-electron chi connectivity index (χ0n) is 16.2. The Bertz CT molecular complexity index is 720. The molecule has 0 atom stereocenters. The van der Waals surface area contributed by atoms with Crippen LogP contribution in [0.1, 0.15) is 38.8 Å². The summed E-state index contributed by atoms with van der Waals surface area (Å²) >= 11 is 0. The largest absolute Gasteiger partial charge is 0.357 e. The molecule has 0 fully saturated rings. The van der Waals surface area contributed by atoms with Crippen molar-refractivity contribution in [3.05, 3.63) is 35.4 Å². The van der Waals surface area contributed by atoms with Crippen LogP contribution in [0.2, 0.25) is 0 Å². The van der Waals surface area contributed by atoms with Crippen LogP contribution in [0.3, 0.4) is 0 Å². The van der Waals surface area contributed by atoms with Gasteiger partial charge in [0.25, 0.3) is 0 Å². The molecule has 0 aromatic heterocycles. The predicted molar refractivity (Wildman–Crippen MR) is 106 cm³/mol. The molecule has 0 unspecified atom stereocenters. The molecule has 1 rings (SSSR count). The average Bonchev–Trinajstić information content (AvgIpc) is 2.48. The van der Waals surface area contributed by atoms with Gasteiger partial charge in [-0.15, -0.1) is 0 Å². The van der Waals surface area contributed by atoms with Crippen molar-refractivity contribution in [1.82, 2.24) is 16.0 Å². The topological polar surface area (TPSA) is 99.7 Å². The number of amides is 1. The zero-order valence-corrected chi connectivity index (χ0v) is 17.0. The summed E-state index contributed by atoms with van der Waals surface area (Å²) in [5, 5.41) is 8.98. The summed E-state index contributed by atoms with van der Waals surface area (Å²) in [4.78, 5) is 16.3. The number of carbonyl (C=O) groups excluding carboxylic acids is 1. The van der Waals surface area contributed by atoms with Crippen LogP contribution in [0.25, 0.3) is 0 Å². The molecule has 0 bridgehead atoms. The number of benzene rings is 1. The molecule has 3 N–H and O–H groups in total. The van der Waals surface area contributed by atoms with Gasteiger partial charge in [0.05, 0.1) is 18.8 Å². The Balaban J connectivity index is 2.64. The quantitative estimate of drug-likeness (QED) is 0.486. The van der Waals surface area contributed by atoms with Gasteiger partial charge in [0.15, 0.2) is 15.8 Å². The Labute approximate surface area is 156 Å². The fourth-order valence-corrected chi connectivity index (χ4v) is 2.98. The molecule has 0 radical (unpaired) electrons. The average molecular weight is 383 g/mol. The van der Waals surface area contributed by atoms with E-state index < -0.39 is 9.84 Å². The third-order valence-corrected chi connectivity index (χ3v) is 4.00. The van der Waals surface area contributed by atoms with Gasteiger partial charge in [-0.3, -0.25) is 4.79 Å². The summed E-state index contributed by atoms with van der Waals surface area (Å²) in [5.74, 6) is 0.480. The lowest BCUT2D eigenvalue weighted by atomic mass is 10.1. The van der Waals surface area contributed by atoms with Crippen molar-refractivity contribution in [3.8, 4) is 0 Å². The first kappa shape index (κ1) is 22.0. The minimum atomic E-state index is -3.04. The lowest BCUT2D eigenvalue weighted by Crippen LogP contribution is -2.48. The molecule has 1 aromatic carbocycles. The Morgan fingerprint density at radius 3 is 2.15 bits per heavy atom. The molecule has 1 amide bonds. The van der Waals surface area contributed by atoms with Crippen molar-refractivity contribution < 1.29 is 13.2 Å². The first-order valence-corrected chi connectivity index (χ1v) is 10.6. The van der Waals surface area contributed by atoms with E-state index in [1.807, 2.05) is 39.8 Å². The minimum absolute atomic E-state index is 0.0314. The summed E-state index contributed by atoms with van der Waals surface area (Å²) in [6.07, 6.45) is 1.22. The highest BCUT2D eigenvalue weighted by Crippen LogP contribution is 2.08. The van der Waals surface area contributed by atoms with Gasteiger partial charge in [-0.1, -0.05) is 24.3 Å². The monoisotopic (exact) mass is 382 g/mol. The fourth-order valence-electron chi connectivity index (χ4n) is 2.18. The second kappa shape index (κ2) is 9.56. The van der Waals surface area contributed by atoms with E-state index in [1.54, 1.807) is 12.1 Å². The highest BCUT2D eigenvalue weighted by Gasteiger charge is 2.13. The summed E-state index contributed by atoms with van der Waals surface area (Å²) in [6.45, 7) is 8.98. The standard InChI is InChI=1S/C18H30N4O3S/c1-6-19-17(21-12-16(23)22-18(2,3)4)20-11-14-7-9-15(10-8-14)13-26(5,24)25/h7-10H,6,11-13H2,1-5H3,(H,22,23)(H2,19,20,21). The van der Waals surface area contributed by atoms with E-state index in [0.29, 0.717) is 19.0 Å². The third-order valence-electron chi connectivity index (χ3n) is 3.15. The summed E-state index contributed by atoms with van der Waals surface area (Å²) in [7, 11) is -3.04. The van der Waals surface area contributed by atoms with Crippen LogP contribution in [0.15, 0.2) is 29.3 Å². The fraction of sp³-hybridized carbons (Fsp3) is 0.556. The molecule has 26 heavy (non-hydrogen) atoms. The maximum absolute atomic E-state index is 11.9. The molecule has 7 nitrogen and oxygen atoms in total. The molecule has 0 aliphatic carbocycles. The maximum atomic E-state index is 11.9. The number of nitrogens with one attached hydrogen (secondary N) is 3. The van der Waals surface area contributed by atoms with Crippen LogP contribution >= 0.6 is 0 Å². The molecular formula is C18H30N4O3S. The van der Waals surface area contributed by atoms with E-state index in [4.69, 9.17) is 0 Å². The van der Waals surface area contributed by atoms with Crippen LogP contribution in [-0.4, -0.2) is 45.2 Å². The Morgan fingerprint density at radius 1 is 1.08 bits per heavy atom. The Kier molecular flexibility index (Phi) is 8.08. The number of guanidine groups is 1. The number of hydrogen-bond acceptors (Lipinski definition) is 4. The molecule has 0 saturated carbocycles. The van der Waals surface area contributed by atoms with E-state index in [-0.39, 0.29) is 23.7 Å². The summed E-state index contributed by atoms with van der Waals surface area (Å²) < 4.78 is 22.6. The van der Waals surface area contributed by atoms with Gasteiger partial charge in [-0.05, 0) is 38.8 Å². The SMILES string of the molecule is CCNC(=NCc1ccc(CS(C)(=O)=O)cc1)NCC(=O)NC(C)(C)C. The number of aliphatic imine (C=N–C) groups is 1. The first-order chi connectivity index (χ1) is 12.0. The minimum Gasteiger partial charge on any atom is -0.357 e. The van der Waals surface area contributed by atoms with E-state index in [2.05, 4.69) is 20.9 Å². The van der Waals surface area contributed by atoms with Crippen molar-refractivity contribution in [2.75, 3.05) is 19.3 Å². The number of nitrogens with zero attached hydrogens (tertiary/aromatic N) is 1. The van der Waals surface area contributed by atoms with Gasteiger partial charge in [0, 0.05) is 18.3 Å². The van der Waals surface area contributed by atoms with Gasteiger partial charge in [-0.25, -0.2) is 13.4 Å². The van der Waals surface area contributed by atoms with E-state index in [0.717, 1.165) is 11.1 Å². The van der Waals surface area contributed by atoms with Crippen LogP contribution in [0.4, 0.5) is 0 Å². The molecule has 8 heteroatoms. The zero-order chi connectivity index (χ0) is 19.8. The van der Waals surface area contributed by atoms with Gasteiger partial charge in [-0.2, -0.15) is 0 Å². The van der Waals surface area contributed by atoms with Gasteiger partial charge in [0.2, 0.25) is 5.91 Å². The molecule has 1 aromatic rings. The smallest absolute Gasteiger partial charge is 0.239 e. The van der Waals surface area contributed by atoms with E-state index in [1.165, 1.54) is 6.26 Å². The lowest BCUT2D eigenvalue weighted by Gasteiger charge is -2.21. The molecule has 0 saturated heterocycles. The summed E-state index contributed by atoms with van der Waals surface area (Å²) in [6, 6.07) is 7.31. The molecule has 0 spiro atoms. The summed E-state index contributed by atoms with van der Waals surface area (Å²) in [5.41, 5.74) is 1.44. The normalized spacial score (nSPS) is 12.6.